The van der Waals surface area contributed by atoms with Crippen LogP contribution in [-0.2, 0) is 19.5 Å². The number of halogens is 2. The molecule has 1 aliphatic carbocycles. The van der Waals surface area contributed by atoms with Gasteiger partial charge >= 0.3 is 0 Å². The zero-order valence-corrected chi connectivity index (χ0v) is 15.5. The Bertz CT molecular complexity index is 861. The molecule has 26 heavy (non-hydrogen) atoms. The molecule has 0 saturated heterocycles. The number of nitrogens with zero attached hydrogens (tertiary/aromatic N) is 2. The van der Waals surface area contributed by atoms with Crippen molar-refractivity contribution < 1.29 is 4.39 Å². The molecule has 138 valence electrons. The van der Waals surface area contributed by atoms with E-state index in [4.69, 9.17) is 16.6 Å². The van der Waals surface area contributed by atoms with E-state index in [0.29, 0.717) is 24.6 Å². The minimum atomic E-state index is -0.375. The summed E-state index contributed by atoms with van der Waals surface area (Å²) in [6.45, 7) is 1.70. The molecule has 1 saturated carbocycles. The van der Waals surface area contributed by atoms with Crippen molar-refractivity contribution in [3.8, 4) is 0 Å². The summed E-state index contributed by atoms with van der Waals surface area (Å²) in [6, 6.07) is 5.04. The highest BCUT2D eigenvalue weighted by atomic mass is 35.5. The Morgan fingerprint density at radius 2 is 2.08 bits per heavy atom. The minimum absolute atomic E-state index is 0.0353. The molecule has 0 amide bonds. The summed E-state index contributed by atoms with van der Waals surface area (Å²) in [7, 11) is 0. The lowest BCUT2D eigenvalue weighted by Gasteiger charge is -2.29. The number of rotatable bonds is 3. The number of aromatic amines is 1. The van der Waals surface area contributed by atoms with Crippen LogP contribution in [0.25, 0.3) is 0 Å². The molecule has 2 aliphatic rings. The molecule has 1 N–H and O–H groups in total. The van der Waals surface area contributed by atoms with Gasteiger partial charge < -0.3 is 4.98 Å². The van der Waals surface area contributed by atoms with Gasteiger partial charge in [0, 0.05) is 37.5 Å². The highest BCUT2D eigenvalue weighted by molar-refractivity contribution is 6.30. The number of benzene rings is 1. The molecule has 0 spiro atoms. The van der Waals surface area contributed by atoms with Crippen LogP contribution in [0, 0.1) is 5.82 Å². The van der Waals surface area contributed by atoms with Crippen LogP contribution in [0.4, 0.5) is 4.39 Å². The summed E-state index contributed by atoms with van der Waals surface area (Å²) in [5.74, 6) is 0.878. The summed E-state index contributed by atoms with van der Waals surface area (Å²) >= 11 is 5.87. The predicted octanol–water partition coefficient (Wildman–Crippen LogP) is 4.17. The van der Waals surface area contributed by atoms with Gasteiger partial charge in [0.15, 0.2) is 0 Å². The maximum Gasteiger partial charge on any atom is 0.255 e. The average molecular weight is 376 g/mol. The Morgan fingerprint density at radius 1 is 1.27 bits per heavy atom. The molecule has 4 nitrogen and oxygen atoms in total. The third-order valence-electron chi connectivity index (χ3n) is 5.58. The van der Waals surface area contributed by atoms with Crippen LogP contribution in [0.1, 0.15) is 60.7 Å². The predicted molar refractivity (Wildman–Crippen MR) is 99.9 cm³/mol. The number of nitrogens with one attached hydrogen (secondary N) is 1. The van der Waals surface area contributed by atoms with Gasteiger partial charge in [0.1, 0.15) is 11.6 Å². The summed E-state index contributed by atoms with van der Waals surface area (Å²) in [5, 5.41) is 0.136. The fraction of sp³-hybridized carbons (Fsp3) is 0.500. The van der Waals surface area contributed by atoms with Gasteiger partial charge in [0.05, 0.1) is 16.3 Å². The van der Waals surface area contributed by atoms with Gasteiger partial charge in [-0.2, -0.15) is 0 Å². The first kappa shape index (κ1) is 17.7. The molecule has 1 aromatic carbocycles. The number of H-pyrrole nitrogens is 1. The van der Waals surface area contributed by atoms with E-state index in [1.54, 1.807) is 18.2 Å². The smallest absolute Gasteiger partial charge is 0.255 e. The minimum Gasteiger partial charge on any atom is -0.310 e. The standard InChI is InChI=1S/C20H23ClFN3O/c21-16-8-4-7-14(18(16)22)11-25-10-9-17-15(12-25)20(26)24-19(23-17)13-5-2-1-3-6-13/h4,7-8,13H,1-3,5-6,9-12H2,(H,23,24,26). The van der Waals surface area contributed by atoms with Crippen molar-refractivity contribution in [1.29, 1.82) is 0 Å². The first-order chi connectivity index (χ1) is 12.6. The first-order valence-corrected chi connectivity index (χ1v) is 9.77. The second-order valence-corrected chi connectivity index (χ2v) is 7.79. The van der Waals surface area contributed by atoms with Crippen LogP contribution in [0.2, 0.25) is 5.02 Å². The summed E-state index contributed by atoms with van der Waals surface area (Å²) < 4.78 is 14.2. The topological polar surface area (TPSA) is 49.0 Å². The highest BCUT2D eigenvalue weighted by Crippen LogP contribution is 2.31. The Morgan fingerprint density at radius 3 is 2.88 bits per heavy atom. The molecule has 6 heteroatoms. The van der Waals surface area contributed by atoms with E-state index >= 15 is 0 Å². The van der Waals surface area contributed by atoms with Gasteiger partial charge in [0.25, 0.3) is 5.56 Å². The van der Waals surface area contributed by atoms with E-state index < -0.39 is 0 Å². The van der Waals surface area contributed by atoms with Gasteiger partial charge in [-0.1, -0.05) is 43.0 Å². The molecule has 2 aromatic rings. The molecule has 0 atom stereocenters. The monoisotopic (exact) mass is 375 g/mol. The van der Waals surface area contributed by atoms with Gasteiger partial charge in [-0.25, -0.2) is 9.37 Å². The SMILES string of the molecule is O=c1[nH]c(C2CCCCC2)nc2c1CN(Cc1cccc(Cl)c1F)CC2. The first-order valence-electron chi connectivity index (χ1n) is 9.39. The fourth-order valence-corrected chi connectivity index (χ4v) is 4.31. The normalized spacial score (nSPS) is 18.7. The molecule has 1 aliphatic heterocycles. The maximum absolute atomic E-state index is 14.2. The van der Waals surface area contributed by atoms with Gasteiger partial charge in [-0.3, -0.25) is 9.69 Å². The number of hydrogen-bond donors (Lipinski definition) is 1. The summed E-state index contributed by atoms with van der Waals surface area (Å²) in [4.78, 5) is 22.5. The van der Waals surface area contributed by atoms with E-state index in [9.17, 15) is 9.18 Å². The van der Waals surface area contributed by atoms with Crippen molar-refractivity contribution in [3.63, 3.8) is 0 Å². The Kier molecular flexibility index (Phi) is 5.09. The quantitative estimate of drug-likeness (QED) is 0.875. The molecule has 0 bridgehead atoms. The Balaban J connectivity index is 1.53. The molecule has 2 heterocycles. The lowest BCUT2D eigenvalue weighted by Crippen LogP contribution is -2.36. The van der Waals surface area contributed by atoms with Crippen molar-refractivity contribution >= 4 is 11.6 Å². The van der Waals surface area contributed by atoms with Crippen LogP contribution >= 0.6 is 11.6 Å². The second kappa shape index (κ2) is 7.49. The number of fused-ring (bicyclic) bond motifs is 1. The van der Waals surface area contributed by atoms with Crippen molar-refractivity contribution in [2.45, 2.75) is 57.5 Å². The van der Waals surface area contributed by atoms with E-state index in [1.807, 2.05) is 0 Å². The molecule has 0 radical (unpaired) electrons. The molecule has 1 aromatic heterocycles. The largest absolute Gasteiger partial charge is 0.310 e. The maximum atomic E-state index is 14.2. The molecule has 4 rings (SSSR count). The number of aromatic nitrogens is 2. The van der Waals surface area contributed by atoms with Crippen molar-refractivity contribution in [2.75, 3.05) is 6.54 Å². The lowest BCUT2D eigenvalue weighted by atomic mass is 9.88. The van der Waals surface area contributed by atoms with Crippen LogP contribution in [-0.4, -0.2) is 21.4 Å². The van der Waals surface area contributed by atoms with E-state index in [-0.39, 0.29) is 16.4 Å². The summed E-state index contributed by atoms with van der Waals surface area (Å²) in [6.07, 6.45) is 6.65. The zero-order valence-electron chi connectivity index (χ0n) is 14.7. The van der Waals surface area contributed by atoms with Crippen LogP contribution in [0.3, 0.4) is 0 Å². The molecular weight excluding hydrogens is 353 g/mol. The average Bonchev–Trinajstić information content (AvgIpc) is 2.66. The highest BCUT2D eigenvalue weighted by Gasteiger charge is 2.25. The van der Waals surface area contributed by atoms with Crippen molar-refractivity contribution in [2.24, 2.45) is 0 Å². The van der Waals surface area contributed by atoms with Crippen molar-refractivity contribution in [1.82, 2.24) is 14.9 Å². The van der Waals surface area contributed by atoms with E-state index in [1.165, 1.54) is 19.3 Å². The molecular formula is C20H23ClFN3O. The van der Waals surface area contributed by atoms with Gasteiger partial charge in [-0.05, 0) is 18.9 Å². The van der Waals surface area contributed by atoms with Gasteiger partial charge in [0.2, 0.25) is 0 Å². The third-order valence-corrected chi connectivity index (χ3v) is 5.88. The van der Waals surface area contributed by atoms with Gasteiger partial charge in [-0.15, -0.1) is 0 Å². The fourth-order valence-electron chi connectivity index (χ4n) is 4.12. The van der Waals surface area contributed by atoms with E-state index in [2.05, 4.69) is 9.88 Å². The Labute approximate surface area is 157 Å². The van der Waals surface area contributed by atoms with E-state index in [0.717, 1.165) is 42.9 Å². The summed E-state index contributed by atoms with van der Waals surface area (Å²) in [5.41, 5.74) is 2.16. The van der Waals surface area contributed by atoms with Crippen LogP contribution < -0.4 is 5.56 Å². The zero-order chi connectivity index (χ0) is 18.1. The van der Waals surface area contributed by atoms with Crippen molar-refractivity contribution in [3.05, 3.63) is 62.0 Å². The second-order valence-electron chi connectivity index (χ2n) is 7.38. The number of hydrogen-bond acceptors (Lipinski definition) is 3. The Hall–Kier alpha value is -1.72. The lowest BCUT2D eigenvalue weighted by molar-refractivity contribution is 0.238. The van der Waals surface area contributed by atoms with Crippen LogP contribution in [0.15, 0.2) is 23.0 Å². The molecule has 1 fully saturated rings. The van der Waals surface area contributed by atoms with Crippen LogP contribution in [0.5, 0.6) is 0 Å². The third kappa shape index (κ3) is 3.55. The molecule has 0 unspecified atom stereocenters.